The van der Waals surface area contributed by atoms with Crippen molar-refractivity contribution in [3.63, 3.8) is 0 Å². The second-order valence-electron chi connectivity index (χ2n) is 5.79. The van der Waals surface area contributed by atoms with Crippen molar-refractivity contribution in [1.82, 2.24) is 20.0 Å². The van der Waals surface area contributed by atoms with E-state index in [4.69, 9.17) is 0 Å². The van der Waals surface area contributed by atoms with E-state index < -0.39 is 0 Å². The molecule has 4 nitrogen and oxygen atoms in total. The van der Waals surface area contributed by atoms with Crippen LogP contribution in [0, 0.1) is 5.92 Å². The Bertz CT molecular complexity index is 381. The SMILES string of the molecule is Cn1cc(C2CCCN2CCC2CCNC2)cn1. The molecule has 0 amide bonds. The van der Waals surface area contributed by atoms with Gasteiger partial charge in [-0.25, -0.2) is 0 Å². The number of nitrogens with zero attached hydrogens (tertiary/aromatic N) is 3. The number of rotatable bonds is 4. The van der Waals surface area contributed by atoms with Gasteiger partial charge in [0.15, 0.2) is 0 Å². The summed E-state index contributed by atoms with van der Waals surface area (Å²) >= 11 is 0. The molecule has 0 aliphatic carbocycles. The van der Waals surface area contributed by atoms with Gasteiger partial charge in [-0.1, -0.05) is 0 Å². The van der Waals surface area contributed by atoms with Crippen LogP contribution in [0.25, 0.3) is 0 Å². The summed E-state index contributed by atoms with van der Waals surface area (Å²) in [5.74, 6) is 0.903. The minimum atomic E-state index is 0.619. The molecule has 0 spiro atoms. The predicted octanol–water partition coefficient (Wildman–Crippen LogP) is 1.56. The van der Waals surface area contributed by atoms with E-state index in [0.29, 0.717) is 6.04 Å². The topological polar surface area (TPSA) is 33.1 Å². The standard InChI is InChI=1S/C14H24N4/c1-17-11-13(10-16-17)14-3-2-7-18(14)8-5-12-4-6-15-9-12/h10-12,14-15H,2-9H2,1H3. The Morgan fingerprint density at radius 3 is 3.11 bits per heavy atom. The average molecular weight is 248 g/mol. The van der Waals surface area contributed by atoms with Gasteiger partial charge in [-0.2, -0.15) is 5.10 Å². The van der Waals surface area contributed by atoms with Gasteiger partial charge < -0.3 is 5.32 Å². The number of hydrogen-bond acceptors (Lipinski definition) is 3. The normalized spacial score (nSPS) is 29.2. The van der Waals surface area contributed by atoms with E-state index in [-0.39, 0.29) is 0 Å². The maximum absolute atomic E-state index is 4.31. The molecular formula is C14H24N4. The van der Waals surface area contributed by atoms with Crippen molar-refractivity contribution in [3.05, 3.63) is 18.0 Å². The first-order chi connectivity index (χ1) is 8.83. The number of nitrogens with one attached hydrogen (secondary N) is 1. The lowest BCUT2D eigenvalue weighted by molar-refractivity contribution is 0.239. The molecule has 1 aromatic heterocycles. The zero-order chi connectivity index (χ0) is 12.4. The second-order valence-corrected chi connectivity index (χ2v) is 5.79. The molecule has 18 heavy (non-hydrogen) atoms. The first kappa shape index (κ1) is 12.2. The molecule has 2 atom stereocenters. The summed E-state index contributed by atoms with van der Waals surface area (Å²) in [7, 11) is 2.01. The van der Waals surface area contributed by atoms with Gasteiger partial charge in [0.25, 0.3) is 0 Å². The van der Waals surface area contributed by atoms with Crippen LogP contribution in [0.5, 0.6) is 0 Å². The fourth-order valence-electron chi connectivity index (χ4n) is 3.39. The smallest absolute Gasteiger partial charge is 0.0537 e. The predicted molar refractivity (Wildman–Crippen MR) is 72.3 cm³/mol. The number of aryl methyl sites for hydroxylation is 1. The lowest BCUT2D eigenvalue weighted by Crippen LogP contribution is -2.26. The zero-order valence-corrected chi connectivity index (χ0v) is 11.3. The Labute approximate surface area is 109 Å². The molecule has 2 unspecified atom stereocenters. The highest BCUT2D eigenvalue weighted by Crippen LogP contribution is 2.32. The van der Waals surface area contributed by atoms with Gasteiger partial charge in [-0.3, -0.25) is 9.58 Å². The lowest BCUT2D eigenvalue weighted by Gasteiger charge is -2.24. The lowest BCUT2D eigenvalue weighted by atomic mass is 10.0. The van der Waals surface area contributed by atoms with Crippen molar-refractivity contribution in [2.75, 3.05) is 26.2 Å². The fraction of sp³-hybridized carbons (Fsp3) is 0.786. The van der Waals surface area contributed by atoms with E-state index >= 15 is 0 Å². The molecule has 4 heteroatoms. The molecule has 3 rings (SSSR count). The Balaban J connectivity index is 1.57. The third kappa shape index (κ3) is 2.59. The summed E-state index contributed by atoms with van der Waals surface area (Å²) in [5.41, 5.74) is 1.40. The minimum Gasteiger partial charge on any atom is -0.316 e. The third-order valence-electron chi connectivity index (χ3n) is 4.46. The van der Waals surface area contributed by atoms with E-state index in [1.54, 1.807) is 0 Å². The van der Waals surface area contributed by atoms with Crippen molar-refractivity contribution in [3.8, 4) is 0 Å². The summed E-state index contributed by atoms with van der Waals surface area (Å²) in [6.45, 7) is 4.97. The van der Waals surface area contributed by atoms with Crippen LogP contribution >= 0.6 is 0 Å². The molecule has 2 aliphatic heterocycles. The molecular weight excluding hydrogens is 224 g/mol. The minimum absolute atomic E-state index is 0.619. The molecule has 1 aromatic rings. The van der Waals surface area contributed by atoms with Crippen LogP contribution in [-0.2, 0) is 7.05 Å². The monoisotopic (exact) mass is 248 g/mol. The van der Waals surface area contributed by atoms with Gasteiger partial charge in [0, 0.05) is 24.8 Å². The van der Waals surface area contributed by atoms with E-state index in [1.165, 1.54) is 57.4 Å². The highest BCUT2D eigenvalue weighted by Gasteiger charge is 2.27. The summed E-state index contributed by atoms with van der Waals surface area (Å²) in [6, 6.07) is 0.619. The summed E-state index contributed by atoms with van der Waals surface area (Å²) in [4.78, 5) is 2.66. The summed E-state index contributed by atoms with van der Waals surface area (Å²) in [5, 5.41) is 7.78. The molecule has 0 saturated carbocycles. The van der Waals surface area contributed by atoms with Gasteiger partial charge in [0.2, 0.25) is 0 Å². The molecule has 2 aliphatic rings. The number of likely N-dealkylation sites (tertiary alicyclic amines) is 1. The average Bonchev–Trinajstić information content (AvgIpc) is 3.07. The third-order valence-corrected chi connectivity index (χ3v) is 4.46. The number of hydrogen-bond donors (Lipinski definition) is 1. The van der Waals surface area contributed by atoms with Crippen molar-refractivity contribution in [2.45, 2.75) is 31.7 Å². The van der Waals surface area contributed by atoms with Crippen LogP contribution < -0.4 is 5.32 Å². The fourth-order valence-corrected chi connectivity index (χ4v) is 3.39. The maximum Gasteiger partial charge on any atom is 0.0537 e. The maximum atomic E-state index is 4.31. The highest BCUT2D eigenvalue weighted by molar-refractivity contribution is 5.12. The van der Waals surface area contributed by atoms with Crippen molar-refractivity contribution < 1.29 is 0 Å². The summed E-state index contributed by atoms with van der Waals surface area (Å²) in [6.07, 6.45) is 9.58. The van der Waals surface area contributed by atoms with Crippen LogP contribution in [0.3, 0.4) is 0 Å². The van der Waals surface area contributed by atoms with Crippen molar-refractivity contribution in [2.24, 2.45) is 13.0 Å². The van der Waals surface area contributed by atoms with Crippen molar-refractivity contribution in [1.29, 1.82) is 0 Å². The molecule has 100 valence electrons. The Morgan fingerprint density at radius 1 is 1.44 bits per heavy atom. The van der Waals surface area contributed by atoms with Gasteiger partial charge >= 0.3 is 0 Å². The zero-order valence-electron chi connectivity index (χ0n) is 11.3. The van der Waals surface area contributed by atoms with Crippen LogP contribution in [0.15, 0.2) is 12.4 Å². The van der Waals surface area contributed by atoms with Crippen LogP contribution in [-0.4, -0.2) is 40.9 Å². The Kier molecular flexibility index (Phi) is 3.66. The highest BCUT2D eigenvalue weighted by atomic mass is 15.3. The van der Waals surface area contributed by atoms with Gasteiger partial charge in [0.1, 0.15) is 0 Å². The molecule has 2 fully saturated rings. The van der Waals surface area contributed by atoms with E-state index in [9.17, 15) is 0 Å². The molecule has 0 radical (unpaired) electrons. The van der Waals surface area contributed by atoms with Crippen LogP contribution in [0.2, 0.25) is 0 Å². The molecule has 0 aromatic carbocycles. The number of aromatic nitrogens is 2. The van der Waals surface area contributed by atoms with Gasteiger partial charge in [-0.15, -0.1) is 0 Å². The Hall–Kier alpha value is -0.870. The largest absolute Gasteiger partial charge is 0.316 e. The van der Waals surface area contributed by atoms with E-state index in [1.807, 2.05) is 17.9 Å². The van der Waals surface area contributed by atoms with Crippen molar-refractivity contribution >= 4 is 0 Å². The van der Waals surface area contributed by atoms with Crippen LogP contribution in [0.1, 0.15) is 37.3 Å². The van der Waals surface area contributed by atoms with E-state index in [0.717, 1.165) is 5.92 Å². The van der Waals surface area contributed by atoms with Crippen LogP contribution in [0.4, 0.5) is 0 Å². The molecule has 2 saturated heterocycles. The Morgan fingerprint density at radius 2 is 2.39 bits per heavy atom. The molecule has 0 bridgehead atoms. The quantitative estimate of drug-likeness (QED) is 0.878. The second kappa shape index (κ2) is 5.41. The van der Waals surface area contributed by atoms with Gasteiger partial charge in [-0.05, 0) is 57.8 Å². The summed E-state index contributed by atoms with van der Waals surface area (Å²) < 4.78 is 1.92. The molecule has 3 heterocycles. The van der Waals surface area contributed by atoms with Gasteiger partial charge in [0.05, 0.1) is 6.20 Å². The first-order valence-corrected chi connectivity index (χ1v) is 7.26. The molecule has 1 N–H and O–H groups in total. The van der Waals surface area contributed by atoms with E-state index in [2.05, 4.69) is 21.5 Å². The first-order valence-electron chi connectivity index (χ1n) is 7.26.